The van der Waals surface area contributed by atoms with Crippen LogP contribution in [0.3, 0.4) is 0 Å². The lowest BCUT2D eigenvalue weighted by molar-refractivity contribution is 0.0734. The Morgan fingerprint density at radius 1 is 1.00 bits per heavy atom. The minimum Gasteiger partial charge on any atom is -0.423 e. The third-order valence-electron chi connectivity index (χ3n) is 5.09. The van der Waals surface area contributed by atoms with Crippen LogP contribution in [0.25, 0.3) is 11.6 Å². The molecule has 0 aliphatic heterocycles. The van der Waals surface area contributed by atoms with Crippen LogP contribution >= 0.6 is 11.6 Å². The Morgan fingerprint density at radius 3 is 2.21 bits per heavy atom. The number of ether oxygens (including phenoxy) is 1. The first-order valence-corrected chi connectivity index (χ1v) is 12.4. The number of nitrogens with zero attached hydrogens (tertiary/aromatic N) is 2. The van der Waals surface area contributed by atoms with Crippen LogP contribution in [0.4, 0.5) is 0 Å². The third kappa shape index (κ3) is 5.91. The highest BCUT2D eigenvalue weighted by molar-refractivity contribution is 7.89. The van der Waals surface area contributed by atoms with E-state index in [4.69, 9.17) is 16.3 Å². The summed E-state index contributed by atoms with van der Waals surface area (Å²) >= 11 is 5.91. The van der Waals surface area contributed by atoms with Crippen molar-refractivity contribution in [2.75, 3.05) is 13.1 Å². The average Bonchev–Trinajstić information content (AvgIpc) is 2.84. The van der Waals surface area contributed by atoms with Crippen molar-refractivity contribution in [3.63, 3.8) is 0 Å². The maximum Gasteiger partial charge on any atom is 0.343 e. The van der Waals surface area contributed by atoms with Crippen molar-refractivity contribution in [1.82, 2.24) is 4.31 Å². The molecule has 8 heteroatoms. The first-order chi connectivity index (χ1) is 16.3. The van der Waals surface area contributed by atoms with Gasteiger partial charge in [0, 0.05) is 18.1 Å². The van der Waals surface area contributed by atoms with Gasteiger partial charge in [-0.3, -0.25) is 0 Å². The fraction of sp³-hybridized carbons (Fsp3) is 0.154. The van der Waals surface area contributed by atoms with Gasteiger partial charge in [0.15, 0.2) is 0 Å². The van der Waals surface area contributed by atoms with Gasteiger partial charge in [0.05, 0.1) is 22.1 Å². The van der Waals surface area contributed by atoms with Gasteiger partial charge in [0.1, 0.15) is 5.75 Å². The van der Waals surface area contributed by atoms with E-state index < -0.39 is 16.0 Å². The van der Waals surface area contributed by atoms with Crippen LogP contribution in [0.5, 0.6) is 5.75 Å². The van der Waals surface area contributed by atoms with E-state index in [-0.39, 0.29) is 10.5 Å². The summed E-state index contributed by atoms with van der Waals surface area (Å²) in [5, 5.41) is 10.1. The largest absolute Gasteiger partial charge is 0.423 e. The molecule has 0 spiro atoms. The van der Waals surface area contributed by atoms with Crippen molar-refractivity contribution in [1.29, 1.82) is 5.26 Å². The molecule has 3 aromatic rings. The zero-order valence-corrected chi connectivity index (χ0v) is 20.3. The molecule has 0 aromatic heterocycles. The second-order valence-electron chi connectivity index (χ2n) is 7.25. The van der Waals surface area contributed by atoms with E-state index in [0.29, 0.717) is 40.6 Å². The van der Waals surface area contributed by atoms with Crippen LogP contribution < -0.4 is 4.74 Å². The summed E-state index contributed by atoms with van der Waals surface area (Å²) in [7, 11) is -3.61. The van der Waals surface area contributed by atoms with Crippen LogP contribution in [-0.4, -0.2) is 31.8 Å². The smallest absolute Gasteiger partial charge is 0.343 e. The van der Waals surface area contributed by atoms with Gasteiger partial charge in [-0.15, -0.1) is 0 Å². The van der Waals surface area contributed by atoms with E-state index in [0.717, 1.165) is 0 Å². The number of carbonyl (C=O) groups excluding carboxylic acids is 1. The van der Waals surface area contributed by atoms with Gasteiger partial charge in [0.2, 0.25) is 10.0 Å². The maximum atomic E-state index is 12.6. The molecule has 0 aliphatic carbocycles. The molecule has 3 aromatic carbocycles. The number of halogens is 1. The Hall–Kier alpha value is -3.44. The highest BCUT2D eigenvalue weighted by atomic mass is 35.5. The van der Waals surface area contributed by atoms with Gasteiger partial charge >= 0.3 is 5.97 Å². The Morgan fingerprint density at radius 2 is 1.62 bits per heavy atom. The van der Waals surface area contributed by atoms with Gasteiger partial charge in [-0.05, 0) is 65.7 Å². The number of carbonyl (C=O) groups is 1. The first kappa shape index (κ1) is 25.2. The molecule has 0 amide bonds. The number of rotatable bonds is 8. The molecule has 0 aliphatic rings. The Kier molecular flexibility index (Phi) is 8.24. The molecule has 0 atom stereocenters. The van der Waals surface area contributed by atoms with Crippen LogP contribution in [0, 0.1) is 11.3 Å². The number of benzene rings is 3. The molecule has 0 radical (unpaired) electrons. The number of hydrogen-bond acceptors (Lipinski definition) is 5. The lowest BCUT2D eigenvalue weighted by Gasteiger charge is -2.18. The summed E-state index contributed by atoms with van der Waals surface area (Å²) in [5.41, 5.74) is 2.05. The molecule has 0 bridgehead atoms. The third-order valence-corrected chi connectivity index (χ3v) is 7.40. The summed E-state index contributed by atoms with van der Waals surface area (Å²) in [5.74, 6) is -0.321. The second kappa shape index (κ2) is 11.1. The lowest BCUT2D eigenvalue weighted by atomic mass is 10.0. The molecule has 0 N–H and O–H groups in total. The van der Waals surface area contributed by atoms with Crippen LogP contribution in [0.15, 0.2) is 77.7 Å². The number of hydrogen-bond donors (Lipinski definition) is 0. The Labute approximate surface area is 204 Å². The van der Waals surface area contributed by atoms with Crippen molar-refractivity contribution in [2.45, 2.75) is 18.7 Å². The number of esters is 1. The molecule has 0 fully saturated rings. The fourth-order valence-corrected chi connectivity index (χ4v) is 4.87. The lowest BCUT2D eigenvalue weighted by Crippen LogP contribution is -2.30. The predicted octanol–water partition coefficient (Wildman–Crippen LogP) is 5.65. The zero-order chi connectivity index (χ0) is 24.7. The molecule has 0 saturated heterocycles. The maximum absolute atomic E-state index is 12.6. The number of allylic oxidation sites excluding steroid dienone is 1. The highest BCUT2D eigenvalue weighted by Crippen LogP contribution is 2.23. The molecule has 0 unspecified atom stereocenters. The second-order valence-corrected chi connectivity index (χ2v) is 9.63. The van der Waals surface area contributed by atoms with Gasteiger partial charge in [0.25, 0.3) is 0 Å². The molecular weight excluding hydrogens is 472 g/mol. The van der Waals surface area contributed by atoms with Crippen molar-refractivity contribution in [2.24, 2.45) is 0 Å². The molecule has 34 heavy (non-hydrogen) atoms. The van der Waals surface area contributed by atoms with E-state index in [9.17, 15) is 18.5 Å². The summed E-state index contributed by atoms with van der Waals surface area (Å²) in [4.78, 5) is 12.7. The summed E-state index contributed by atoms with van der Waals surface area (Å²) < 4.78 is 32.0. The Balaban J connectivity index is 1.78. The zero-order valence-electron chi connectivity index (χ0n) is 18.7. The monoisotopic (exact) mass is 494 g/mol. The molecule has 3 rings (SSSR count). The van der Waals surface area contributed by atoms with E-state index in [1.54, 1.807) is 68.5 Å². The van der Waals surface area contributed by atoms with Gasteiger partial charge in [-0.2, -0.15) is 9.57 Å². The van der Waals surface area contributed by atoms with Gasteiger partial charge in [-0.25, -0.2) is 13.2 Å². The molecule has 0 saturated carbocycles. The highest BCUT2D eigenvalue weighted by Gasteiger charge is 2.22. The fourth-order valence-electron chi connectivity index (χ4n) is 3.29. The average molecular weight is 495 g/mol. The molecule has 0 heterocycles. The Bertz CT molecular complexity index is 1340. The van der Waals surface area contributed by atoms with Crippen LogP contribution in [0.2, 0.25) is 5.02 Å². The van der Waals surface area contributed by atoms with E-state index in [1.807, 2.05) is 0 Å². The number of sulfonamides is 1. The molecule has 174 valence electrons. The van der Waals surface area contributed by atoms with Crippen molar-refractivity contribution in [3.8, 4) is 11.8 Å². The topological polar surface area (TPSA) is 87.5 Å². The number of nitriles is 1. The quantitative estimate of drug-likeness (QED) is 0.175. The van der Waals surface area contributed by atoms with E-state index >= 15 is 0 Å². The minimum absolute atomic E-state index is 0.117. The van der Waals surface area contributed by atoms with Gasteiger partial charge in [-0.1, -0.05) is 49.7 Å². The minimum atomic E-state index is -3.61. The predicted molar refractivity (Wildman–Crippen MR) is 133 cm³/mol. The van der Waals surface area contributed by atoms with Crippen molar-refractivity contribution in [3.05, 3.63) is 94.5 Å². The SMILES string of the molecule is CCN(CC)S(=O)(=O)c1ccc(C(=O)Oc2cccc(/C=C(/C#N)c3ccc(Cl)cc3)c2)cc1. The van der Waals surface area contributed by atoms with Crippen molar-refractivity contribution < 1.29 is 17.9 Å². The summed E-state index contributed by atoms with van der Waals surface area (Å²) in [6.45, 7) is 4.26. The molecular formula is C26H23ClN2O4S. The van der Waals surface area contributed by atoms with Gasteiger partial charge < -0.3 is 4.74 Å². The molecule has 6 nitrogen and oxygen atoms in total. The standard InChI is InChI=1S/C26H23ClN2O4S/c1-3-29(4-2)34(31,32)25-14-10-21(11-15-25)26(30)33-24-7-5-6-19(17-24)16-22(18-28)20-8-12-23(27)13-9-20/h5-17H,3-4H2,1-2H3/b22-16-. The normalized spacial score (nSPS) is 11.8. The van der Waals surface area contributed by atoms with Crippen LogP contribution in [0.1, 0.15) is 35.3 Å². The van der Waals surface area contributed by atoms with E-state index in [2.05, 4.69) is 6.07 Å². The van der Waals surface area contributed by atoms with E-state index in [1.165, 1.54) is 28.6 Å². The summed E-state index contributed by atoms with van der Waals surface area (Å²) in [6.07, 6.45) is 1.69. The van der Waals surface area contributed by atoms with Crippen LogP contribution in [-0.2, 0) is 10.0 Å². The van der Waals surface area contributed by atoms with Crippen molar-refractivity contribution >= 4 is 39.2 Å². The summed E-state index contributed by atoms with van der Waals surface area (Å²) in [6, 6.07) is 21.5. The first-order valence-electron chi connectivity index (χ1n) is 10.6.